The van der Waals surface area contributed by atoms with Gasteiger partial charge in [-0.25, -0.2) is 5.32 Å². The minimum atomic E-state index is 0.514. The van der Waals surface area contributed by atoms with Crippen LogP contribution in [0.15, 0.2) is 0 Å². The Labute approximate surface area is 97.0 Å². The zero-order chi connectivity index (χ0) is 12.2. The van der Waals surface area contributed by atoms with Crippen molar-refractivity contribution in [1.82, 2.24) is 5.32 Å². The van der Waals surface area contributed by atoms with Gasteiger partial charge in [-0.2, -0.15) is 0 Å². The van der Waals surface area contributed by atoms with Crippen LogP contribution in [0.3, 0.4) is 0 Å². The number of nitrogens with zero attached hydrogens (tertiary/aromatic N) is 1. The number of hydrogen-bond donors (Lipinski definition) is 0. The first-order valence-corrected chi connectivity index (χ1v) is 6.47. The van der Waals surface area contributed by atoms with E-state index in [4.69, 9.17) is 5.32 Å². The van der Waals surface area contributed by atoms with Crippen molar-refractivity contribution in [2.24, 2.45) is 23.7 Å². The molecule has 0 amide bonds. The van der Waals surface area contributed by atoms with Crippen LogP contribution in [0, 0.1) is 23.7 Å². The standard InChI is InChI=1S/C14H30N/c1-9(2)13(10(3)4)15-14(11(5)6)12(7)8/h9-14H,1-8H3. The molecule has 0 aliphatic heterocycles. The highest BCUT2D eigenvalue weighted by atomic mass is 15.0. The van der Waals surface area contributed by atoms with Gasteiger partial charge in [0.2, 0.25) is 0 Å². The Kier molecular flexibility index (Phi) is 6.51. The fourth-order valence-electron chi connectivity index (χ4n) is 2.43. The minimum absolute atomic E-state index is 0.514. The Morgan fingerprint density at radius 1 is 0.467 bits per heavy atom. The Bertz CT molecular complexity index is 125. The van der Waals surface area contributed by atoms with Crippen LogP contribution in [-0.2, 0) is 0 Å². The summed E-state index contributed by atoms with van der Waals surface area (Å²) < 4.78 is 0. The van der Waals surface area contributed by atoms with Crippen molar-refractivity contribution in [2.45, 2.75) is 67.5 Å². The third-order valence-electron chi connectivity index (χ3n) is 3.08. The first-order chi connectivity index (χ1) is 6.77. The lowest BCUT2D eigenvalue weighted by Gasteiger charge is -2.33. The molecule has 0 heterocycles. The molecular formula is C14H30N. The van der Waals surface area contributed by atoms with Crippen LogP contribution in [0.1, 0.15) is 55.4 Å². The van der Waals surface area contributed by atoms with Crippen molar-refractivity contribution in [2.75, 3.05) is 0 Å². The highest BCUT2D eigenvalue weighted by Gasteiger charge is 2.26. The van der Waals surface area contributed by atoms with Crippen LogP contribution < -0.4 is 5.32 Å². The molecule has 0 spiro atoms. The third kappa shape index (κ3) is 5.01. The minimum Gasteiger partial charge on any atom is -0.234 e. The lowest BCUT2D eigenvalue weighted by atomic mass is 9.87. The van der Waals surface area contributed by atoms with Gasteiger partial charge in [0.1, 0.15) is 0 Å². The molecule has 0 saturated heterocycles. The Morgan fingerprint density at radius 3 is 0.800 bits per heavy atom. The molecule has 91 valence electrons. The lowest BCUT2D eigenvalue weighted by Crippen LogP contribution is -2.43. The summed E-state index contributed by atoms with van der Waals surface area (Å²) in [6, 6.07) is 1.03. The van der Waals surface area contributed by atoms with Crippen LogP contribution in [0.2, 0.25) is 0 Å². The van der Waals surface area contributed by atoms with Crippen LogP contribution in [0.4, 0.5) is 0 Å². The number of rotatable bonds is 6. The van der Waals surface area contributed by atoms with E-state index in [1.165, 1.54) is 0 Å². The maximum Gasteiger partial charge on any atom is 0.0295 e. The monoisotopic (exact) mass is 212 g/mol. The predicted octanol–water partition coefficient (Wildman–Crippen LogP) is 3.95. The lowest BCUT2D eigenvalue weighted by molar-refractivity contribution is 0.212. The molecule has 0 aromatic rings. The van der Waals surface area contributed by atoms with Crippen LogP contribution in [-0.4, -0.2) is 12.1 Å². The average molecular weight is 212 g/mol. The van der Waals surface area contributed by atoms with E-state index in [0.29, 0.717) is 35.8 Å². The molecule has 0 aliphatic carbocycles. The Hall–Kier alpha value is -0.0400. The molecule has 0 N–H and O–H groups in total. The fraction of sp³-hybridized carbons (Fsp3) is 1.00. The topological polar surface area (TPSA) is 14.1 Å². The molecule has 1 heteroatoms. The van der Waals surface area contributed by atoms with Crippen molar-refractivity contribution in [3.63, 3.8) is 0 Å². The molecule has 0 bridgehead atoms. The van der Waals surface area contributed by atoms with E-state index in [1.54, 1.807) is 0 Å². The van der Waals surface area contributed by atoms with Gasteiger partial charge in [-0.3, -0.25) is 0 Å². The molecule has 15 heavy (non-hydrogen) atoms. The second-order valence-electron chi connectivity index (χ2n) is 6.11. The van der Waals surface area contributed by atoms with Crippen LogP contribution in [0.25, 0.3) is 0 Å². The van der Waals surface area contributed by atoms with Gasteiger partial charge in [0.15, 0.2) is 0 Å². The molecule has 1 radical (unpaired) electrons. The molecule has 1 nitrogen and oxygen atoms in total. The quantitative estimate of drug-likeness (QED) is 0.633. The van der Waals surface area contributed by atoms with Gasteiger partial charge in [-0.05, 0) is 23.7 Å². The molecular weight excluding hydrogens is 182 g/mol. The molecule has 0 aromatic carbocycles. The van der Waals surface area contributed by atoms with E-state index in [1.807, 2.05) is 0 Å². The normalized spacial score (nSPS) is 13.2. The van der Waals surface area contributed by atoms with Crippen LogP contribution >= 0.6 is 0 Å². The summed E-state index contributed by atoms with van der Waals surface area (Å²) in [5.74, 6) is 2.63. The van der Waals surface area contributed by atoms with Gasteiger partial charge in [-0.15, -0.1) is 0 Å². The maximum atomic E-state index is 5.07. The van der Waals surface area contributed by atoms with Gasteiger partial charge in [0.25, 0.3) is 0 Å². The fourth-order valence-corrected chi connectivity index (χ4v) is 2.43. The Morgan fingerprint density at radius 2 is 0.667 bits per heavy atom. The number of hydrogen-bond acceptors (Lipinski definition) is 0. The Balaban J connectivity index is 4.48. The molecule has 0 unspecified atom stereocenters. The molecule has 0 rings (SSSR count). The predicted molar refractivity (Wildman–Crippen MR) is 69.1 cm³/mol. The van der Waals surface area contributed by atoms with Gasteiger partial charge < -0.3 is 0 Å². The highest BCUT2D eigenvalue weighted by molar-refractivity contribution is 4.82. The smallest absolute Gasteiger partial charge is 0.0295 e. The van der Waals surface area contributed by atoms with Crippen molar-refractivity contribution in [3.8, 4) is 0 Å². The molecule has 0 atom stereocenters. The van der Waals surface area contributed by atoms with E-state index < -0.39 is 0 Å². The first-order valence-electron chi connectivity index (χ1n) is 6.47. The summed E-state index contributed by atoms with van der Waals surface area (Å²) in [4.78, 5) is 0. The van der Waals surface area contributed by atoms with Crippen LogP contribution in [0.5, 0.6) is 0 Å². The molecule has 0 saturated carbocycles. The summed E-state index contributed by atoms with van der Waals surface area (Å²) in [5.41, 5.74) is 0. The van der Waals surface area contributed by atoms with E-state index in [9.17, 15) is 0 Å². The van der Waals surface area contributed by atoms with Crippen molar-refractivity contribution < 1.29 is 0 Å². The average Bonchev–Trinajstić information content (AvgIpc) is 2.01. The van der Waals surface area contributed by atoms with Gasteiger partial charge >= 0.3 is 0 Å². The summed E-state index contributed by atoms with van der Waals surface area (Å²) in [6.07, 6.45) is 0. The van der Waals surface area contributed by atoms with Crippen molar-refractivity contribution >= 4 is 0 Å². The molecule has 0 fully saturated rings. The molecule has 0 aliphatic rings. The zero-order valence-electron chi connectivity index (χ0n) is 11.9. The van der Waals surface area contributed by atoms with Gasteiger partial charge in [0.05, 0.1) is 0 Å². The molecule has 0 aromatic heterocycles. The SMILES string of the molecule is CC(C)C([N]C(C(C)C)C(C)C)C(C)C. The largest absolute Gasteiger partial charge is 0.234 e. The third-order valence-corrected chi connectivity index (χ3v) is 3.08. The van der Waals surface area contributed by atoms with E-state index >= 15 is 0 Å². The zero-order valence-corrected chi connectivity index (χ0v) is 11.9. The van der Waals surface area contributed by atoms with Gasteiger partial charge in [-0.1, -0.05) is 55.4 Å². The first kappa shape index (κ1) is 15.0. The van der Waals surface area contributed by atoms with E-state index in [2.05, 4.69) is 55.4 Å². The summed E-state index contributed by atoms with van der Waals surface area (Å²) in [7, 11) is 0. The maximum absolute atomic E-state index is 5.07. The summed E-state index contributed by atoms with van der Waals surface area (Å²) in [6.45, 7) is 18.3. The second-order valence-corrected chi connectivity index (χ2v) is 6.11. The van der Waals surface area contributed by atoms with E-state index in [0.717, 1.165) is 0 Å². The second kappa shape index (κ2) is 6.52. The van der Waals surface area contributed by atoms with Gasteiger partial charge in [0, 0.05) is 12.1 Å². The summed E-state index contributed by atoms with van der Waals surface area (Å²) >= 11 is 0. The van der Waals surface area contributed by atoms with Crippen molar-refractivity contribution in [1.29, 1.82) is 0 Å². The van der Waals surface area contributed by atoms with E-state index in [-0.39, 0.29) is 0 Å². The summed E-state index contributed by atoms with van der Waals surface area (Å²) in [5, 5.41) is 5.07. The van der Waals surface area contributed by atoms with Crippen molar-refractivity contribution in [3.05, 3.63) is 0 Å². The highest BCUT2D eigenvalue weighted by Crippen LogP contribution is 2.20.